The van der Waals surface area contributed by atoms with Gasteiger partial charge in [0, 0.05) is 38.9 Å². The third-order valence-electron chi connectivity index (χ3n) is 3.61. The van der Waals surface area contributed by atoms with Gasteiger partial charge in [-0.1, -0.05) is 0 Å². The van der Waals surface area contributed by atoms with Crippen molar-refractivity contribution in [1.82, 2.24) is 14.9 Å². The zero-order valence-corrected chi connectivity index (χ0v) is 12.9. The fraction of sp³-hybridized carbons (Fsp3) is 0.714. The van der Waals surface area contributed by atoms with Crippen LogP contribution in [0.25, 0.3) is 0 Å². The first-order chi connectivity index (χ1) is 9.63. The number of nitrogens with one attached hydrogen (secondary N) is 1. The molecule has 0 aromatic carbocycles. The molecule has 20 heavy (non-hydrogen) atoms. The molecule has 1 aromatic heterocycles. The summed E-state index contributed by atoms with van der Waals surface area (Å²) in [4.78, 5) is 13.7. The minimum Gasteiger partial charge on any atom is -0.377 e. The predicted octanol–water partition coefficient (Wildman–Crippen LogP) is 1.20. The Hall–Kier alpha value is -1.40. The van der Waals surface area contributed by atoms with E-state index in [0.717, 1.165) is 37.1 Å². The minimum atomic E-state index is 0.442. The van der Waals surface area contributed by atoms with E-state index in [-0.39, 0.29) is 0 Å². The van der Waals surface area contributed by atoms with Gasteiger partial charge in [-0.2, -0.15) is 0 Å². The second-order valence-electron chi connectivity index (χ2n) is 5.34. The topological polar surface area (TPSA) is 53.5 Å². The van der Waals surface area contributed by atoms with Crippen LogP contribution in [-0.2, 0) is 11.3 Å². The molecule has 1 aliphatic heterocycles. The van der Waals surface area contributed by atoms with Crippen LogP contribution in [0.5, 0.6) is 0 Å². The lowest BCUT2D eigenvalue weighted by atomic mass is 10.2. The molecule has 1 aromatic rings. The molecule has 6 heteroatoms. The van der Waals surface area contributed by atoms with Gasteiger partial charge in [-0.15, -0.1) is 0 Å². The van der Waals surface area contributed by atoms with Crippen molar-refractivity contribution in [3.63, 3.8) is 0 Å². The van der Waals surface area contributed by atoms with Crippen LogP contribution in [0.1, 0.15) is 19.2 Å². The first kappa shape index (κ1) is 15.0. The molecule has 1 aliphatic rings. The Labute approximate surface area is 121 Å². The number of hydrogen-bond donors (Lipinski definition) is 1. The molecule has 0 saturated carbocycles. The molecular weight excluding hydrogens is 254 g/mol. The Morgan fingerprint density at radius 2 is 2.25 bits per heavy atom. The number of aromatic nitrogens is 2. The van der Waals surface area contributed by atoms with Gasteiger partial charge in [0.05, 0.1) is 0 Å². The number of hydrogen-bond acceptors (Lipinski definition) is 6. The SMILES string of the molecule is CCNc1cc(N2CCC(N(C)C)C2)nc(COC)n1. The molecule has 2 heterocycles. The fourth-order valence-electron chi connectivity index (χ4n) is 2.48. The summed E-state index contributed by atoms with van der Waals surface area (Å²) in [5.41, 5.74) is 0. The van der Waals surface area contributed by atoms with E-state index in [4.69, 9.17) is 4.74 Å². The maximum absolute atomic E-state index is 5.16. The van der Waals surface area contributed by atoms with Gasteiger partial charge in [0.1, 0.15) is 18.2 Å². The fourth-order valence-corrected chi connectivity index (χ4v) is 2.48. The van der Waals surface area contributed by atoms with E-state index >= 15 is 0 Å². The number of likely N-dealkylation sites (N-methyl/N-ethyl adjacent to an activating group) is 1. The van der Waals surface area contributed by atoms with Gasteiger partial charge in [0.15, 0.2) is 5.82 Å². The summed E-state index contributed by atoms with van der Waals surface area (Å²) in [5.74, 6) is 2.60. The normalized spacial score (nSPS) is 18.9. The van der Waals surface area contributed by atoms with Crippen LogP contribution in [0.4, 0.5) is 11.6 Å². The standard InChI is InChI=1S/C14H25N5O/c1-5-15-12-8-14(17-13(16-12)10-20-4)19-7-6-11(9-19)18(2)3/h8,11H,5-7,9-10H2,1-4H3,(H,15,16,17). The monoisotopic (exact) mass is 279 g/mol. The Morgan fingerprint density at radius 1 is 1.45 bits per heavy atom. The van der Waals surface area contributed by atoms with Crippen molar-refractivity contribution in [1.29, 1.82) is 0 Å². The summed E-state index contributed by atoms with van der Waals surface area (Å²) in [6, 6.07) is 2.62. The smallest absolute Gasteiger partial charge is 0.158 e. The van der Waals surface area contributed by atoms with Crippen LogP contribution in [-0.4, -0.2) is 61.7 Å². The van der Waals surface area contributed by atoms with Gasteiger partial charge < -0.3 is 19.9 Å². The average molecular weight is 279 g/mol. The molecule has 0 bridgehead atoms. The molecule has 112 valence electrons. The predicted molar refractivity (Wildman–Crippen MR) is 81.2 cm³/mol. The lowest BCUT2D eigenvalue weighted by molar-refractivity contribution is 0.178. The third kappa shape index (κ3) is 3.58. The first-order valence-corrected chi connectivity index (χ1v) is 7.16. The zero-order chi connectivity index (χ0) is 14.5. The molecule has 0 aliphatic carbocycles. The first-order valence-electron chi connectivity index (χ1n) is 7.16. The number of ether oxygens (including phenoxy) is 1. The van der Waals surface area contributed by atoms with Gasteiger partial charge >= 0.3 is 0 Å². The van der Waals surface area contributed by atoms with Crippen molar-refractivity contribution < 1.29 is 4.74 Å². The molecule has 1 atom stereocenters. The molecule has 1 unspecified atom stereocenters. The molecular formula is C14H25N5O. The van der Waals surface area contributed by atoms with Crippen molar-refractivity contribution >= 4 is 11.6 Å². The van der Waals surface area contributed by atoms with Gasteiger partial charge in [-0.3, -0.25) is 0 Å². The Balaban J connectivity index is 2.17. The Kier molecular flexibility index (Phi) is 5.14. The molecule has 2 rings (SSSR count). The highest BCUT2D eigenvalue weighted by molar-refractivity contribution is 5.50. The van der Waals surface area contributed by atoms with Crippen LogP contribution in [0, 0.1) is 0 Å². The Morgan fingerprint density at radius 3 is 2.85 bits per heavy atom. The van der Waals surface area contributed by atoms with E-state index in [0.29, 0.717) is 12.6 Å². The highest BCUT2D eigenvalue weighted by Crippen LogP contribution is 2.22. The molecule has 6 nitrogen and oxygen atoms in total. The quantitative estimate of drug-likeness (QED) is 0.844. The lowest BCUT2D eigenvalue weighted by Crippen LogP contribution is -2.31. The molecule has 0 spiro atoms. The average Bonchev–Trinajstić information content (AvgIpc) is 2.89. The van der Waals surface area contributed by atoms with Crippen LogP contribution in [0.3, 0.4) is 0 Å². The summed E-state index contributed by atoms with van der Waals surface area (Å²) in [6.07, 6.45) is 1.17. The van der Waals surface area contributed by atoms with Crippen molar-refractivity contribution in [2.24, 2.45) is 0 Å². The third-order valence-corrected chi connectivity index (χ3v) is 3.61. The van der Waals surface area contributed by atoms with Gasteiger partial charge in [0.2, 0.25) is 0 Å². The zero-order valence-electron chi connectivity index (χ0n) is 12.9. The van der Waals surface area contributed by atoms with Crippen molar-refractivity contribution in [2.75, 3.05) is 51.1 Å². The molecule has 0 amide bonds. The minimum absolute atomic E-state index is 0.442. The van der Waals surface area contributed by atoms with Gasteiger partial charge in [-0.05, 0) is 27.4 Å². The van der Waals surface area contributed by atoms with E-state index in [1.807, 2.05) is 6.07 Å². The second kappa shape index (κ2) is 6.85. The van der Waals surface area contributed by atoms with Crippen molar-refractivity contribution in [3.05, 3.63) is 11.9 Å². The van der Waals surface area contributed by atoms with E-state index < -0.39 is 0 Å². The maximum atomic E-state index is 5.16. The van der Waals surface area contributed by atoms with E-state index in [1.54, 1.807) is 7.11 Å². The van der Waals surface area contributed by atoms with E-state index in [9.17, 15) is 0 Å². The van der Waals surface area contributed by atoms with Crippen molar-refractivity contribution in [3.8, 4) is 0 Å². The molecule has 1 N–H and O–H groups in total. The number of methoxy groups -OCH3 is 1. The number of nitrogens with zero attached hydrogens (tertiary/aromatic N) is 4. The van der Waals surface area contributed by atoms with Crippen LogP contribution < -0.4 is 10.2 Å². The molecule has 0 radical (unpaired) electrons. The van der Waals surface area contributed by atoms with E-state index in [2.05, 4.69) is 46.1 Å². The van der Waals surface area contributed by atoms with Gasteiger partial charge in [0.25, 0.3) is 0 Å². The summed E-state index contributed by atoms with van der Waals surface area (Å²) >= 11 is 0. The number of rotatable bonds is 6. The maximum Gasteiger partial charge on any atom is 0.158 e. The largest absolute Gasteiger partial charge is 0.377 e. The highest BCUT2D eigenvalue weighted by Gasteiger charge is 2.25. The van der Waals surface area contributed by atoms with Crippen molar-refractivity contribution in [2.45, 2.75) is 26.0 Å². The van der Waals surface area contributed by atoms with Gasteiger partial charge in [-0.25, -0.2) is 9.97 Å². The summed E-state index contributed by atoms with van der Waals surface area (Å²) in [5, 5.41) is 3.26. The molecule has 1 saturated heterocycles. The lowest BCUT2D eigenvalue weighted by Gasteiger charge is -2.21. The summed E-state index contributed by atoms with van der Waals surface area (Å²) in [6.45, 7) is 5.41. The Bertz CT molecular complexity index is 413. The highest BCUT2D eigenvalue weighted by atomic mass is 16.5. The second-order valence-corrected chi connectivity index (χ2v) is 5.34. The summed E-state index contributed by atoms with van der Waals surface area (Å²) < 4.78 is 5.16. The van der Waals surface area contributed by atoms with Crippen LogP contribution in [0.2, 0.25) is 0 Å². The summed E-state index contributed by atoms with van der Waals surface area (Å²) in [7, 11) is 5.93. The van der Waals surface area contributed by atoms with Crippen LogP contribution >= 0.6 is 0 Å². The van der Waals surface area contributed by atoms with Crippen LogP contribution in [0.15, 0.2) is 6.07 Å². The number of anilines is 2. The molecule has 1 fully saturated rings. The van der Waals surface area contributed by atoms with E-state index in [1.165, 1.54) is 6.42 Å².